The third-order valence-electron chi connectivity index (χ3n) is 11.3. The Morgan fingerprint density at radius 1 is 0.872 bits per heavy atom. The van der Waals surface area contributed by atoms with Crippen LogP contribution in [0.2, 0.25) is 0 Å². The molecule has 0 spiro atoms. The van der Waals surface area contributed by atoms with Crippen molar-refractivity contribution in [2.45, 2.75) is 69.6 Å². The smallest absolute Gasteiger partial charge is 0.210 e. The highest BCUT2D eigenvalue weighted by Crippen LogP contribution is 2.53. The van der Waals surface area contributed by atoms with Gasteiger partial charge in [-0.1, -0.05) is 105 Å². The summed E-state index contributed by atoms with van der Waals surface area (Å²) in [7, 11) is 2.18. The van der Waals surface area contributed by atoms with Gasteiger partial charge in [-0.2, -0.15) is 9.84 Å². The normalized spacial score (nSPS) is 23.5. The first-order chi connectivity index (χ1) is 22.9. The molecule has 4 aromatic carbocycles. The molecule has 1 aliphatic carbocycles. The van der Waals surface area contributed by atoms with Crippen LogP contribution in [-0.4, -0.2) is 23.9 Å². The molecule has 2 unspecified atom stereocenters. The van der Waals surface area contributed by atoms with E-state index in [-0.39, 0.29) is 10.8 Å². The highest BCUT2D eigenvalue weighted by atomic mass is 15.2. The van der Waals surface area contributed by atoms with Gasteiger partial charge in [-0.3, -0.25) is 0 Å². The van der Waals surface area contributed by atoms with E-state index in [0.29, 0.717) is 6.42 Å². The third-order valence-corrected chi connectivity index (χ3v) is 11.3. The van der Waals surface area contributed by atoms with Crippen molar-refractivity contribution < 1.29 is 4.58 Å². The van der Waals surface area contributed by atoms with Crippen LogP contribution >= 0.6 is 0 Å². The van der Waals surface area contributed by atoms with Gasteiger partial charge in [-0.25, -0.2) is 0 Å². The lowest BCUT2D eigenvalue weighted by Crippen LogP contribution is -2.30. The lowest BCUT2D eigenvalue weighted by atomic mass is 9.74. The van der Waals surface area contributed by atoms with Crippen molar-refractivity contribution in [1.82, 2.24) is 0 Å². The zero-order chi connectivity index (χ0) is 32.6. The number of nitriles is 1. The summed E-state index contributed by atoms with van der Waals surface area (Å²) in [6.45, 7) is 9.76. The molecule has 3 nitrogen and oxygen atoms in total. The molecule has 4 aromatic rings. The Hall–Kier alpha value is -4.68. The number of nitrogens with zero attached hydrogens (tertiary/aromatic N) is 3. The van der Waals surface area contributed by atoms with Crippen LogP contribution in [0.3, 0.4) is 0 Å². The molecule has 2 aliphatic heterocycles. The molecule has 1 saturated carbocycles. The maximum Gasteiger partial charge on any atom is 0.210 e. The second kappa shape index (κ2) is 12.5. The van der Waals surface area contributed by atoms with Crippen LogP contribution in [0.25, 0.3) is 21.5 Å². The van der Waals surface area contributed by atoms with Gasteiger partial charge >= 0.3 is 0 Å². The monoisotopic (exact) mass is 616 g/mol. The van der Waals surface area contributed by atoms with Crippen LogP contribution < -0.4 is 4.90 Å². The predicted octanol–water partition coefficient (Wildman–Crippen LogP) is 10.8. The van der Waals surface area contributed by atoms with Gasteiger partial charge in [0.25, 0.3) is 0 Å². The van der Waals surface area contributed by atoms with E-state index in [1.165, 1.54) is 87.6 Å². The number of hydrogen-bond acceptors (Lipinski definition) is 2. The molecule has 2 heterocycles. The zero-order valence-electron chi connectivity index (χ0n) is 28.2. The van der Waals surface area contributed by atoms with Gasteiger partial charge in [0.15, 0.2) is 5.71 Å². The van der Waals surface area contributed by atoms with Crippen molar-refractivity contribution in [2.24, 2.45) is 5.92 Å². The van der Waals surface area contributed by atoms with Gasteiger partial charge in [0.1, 0.15) is 7.05 Å². The van der Waals surface area contributed by atoms with Crippen LogP contribution in [0.4, 0.5) is 11.4 Å². The van der Waals surface area contributed by atoms with Gasteiger partial charge in [-0.15, -0.1) is 6.58 Å². The largest absolute Gasteiger partial charge is 0.344 e. The Morgan fingerprint density at radius 2 is 1.55 bits per heavy atom. The quantitative estimate of drug-likeness (QED) is 0.106. The minimum atomic E-state index is -0.389. The molecule has 7 rings (SSSR count). The lowest BCUT2D eigenvalue weighted by molar-refractivity contribution is -0.401. The minimum Gasteiger partial charge on any atom is -0.344 e. The number of fused-ring (bicyclic) bond motifs is 6. The number of anilines is 1. The van der Waals surface area contributed by atoms with E-state index in [1.807, 2.05) is 0 Å². The van der Waals surface area contributed by atoms with Crippen LogP contribution in [-0.2, 0) is 10.8 Å². The van der Waals surface area contributed by atoms with Crippen molar-refractivity contribution in [2.75, 3.05) is 18.5 Å². The minimum absolute atomic E-state index is 0.175. The SMILES string of the molecule is C=CCC1(C)C(/C=C/C=C/C=C2/N(CCC3CCCC3)c3ccc4ccccc4c3C2(C)CC#N)=[N+](C)c2ccc3ccccc3c21. The number of hydrogen-bond donors (Lipinski definition) is 0. The van der Waals surface area contributed by atoms with Crippen molar-refractivity contribution >= 4 is 38.6 Å². The van der Waals surface area contributed by atoms with Crippen molar-refractivity contribution in [3.8, 4) is 6.07 Å². The zero-order valence-corrected chi connectivity index (χ0v) is 28.2. The fourth-order valence-corrected chi connectivity index (χ4v) is 8.98. The Kier molecular flexibility index (Phi) is 8.23. The van der Waals surface area contributed by atoms with E-state index in [2.05, 4.69) is 152 Å². The van der Waals surface area contributed by atoms with Crippen molar-refractivity contribution in [1.29, 1.82) is 5.26 Å². The molecule has 236 valence electrons. The molecule has 0 amide bonds. The Balaban J connectivity index is 1.25. The fourth-order valence-electron chi connectivity index (χ4n) is 8.98. The molecular formula is C44H46N3+. The summed E-state index contributed by atoms with van der Waals surface area (Å²) in [6.07, 6.45) is 21.0. The first-order valence-electron chi connectivity index (χ1n) is 17.4. The van der Waals surface area contributed by atoms with E-state index in [0.717, 1.165) is 18.9 Å². The Bertz CT molecular complexity index is 2030. The summed E-state index contributed by atoms with van der Waals surface area (Å²) in [4.78, 5) is 2.54. The summed E-state index contributed by atoms with van der Waals surface area (Å²) in [5.74, 6) is 0.799. The van der Waals surface area contributed by atoms with Crippen LogP contribution in [0.1, 0.15) is 69.9 Å². The molecule has 0 bridgehead atoms. The predicted molar refractivity (Wildman–Crippen MR) is 199 cm³/mol. The molecule has 47 heavy (non-hydrogen) atoms. The van der Waals surface area contributed by atoms with Gasteiger partial charge in [0.05, 0.1) is 17.9 Å². The van der Waals surface area contributed by atoms with Gasteiger partial charge in [-0.05, 0) is 77.9 Å². The molecule has 0 aromatic heterocycles. The number of benzene rings is 4. The molecule has 2 atom stereocenters. The Labute approximate surface area is 280 Å². The van der Waals surface area contributed by atoms with E-state index < -0.39 is 0 Å². The third kappa shape index (κ3) is 5.16. The van der Waals surface area contributed by atoms with E-state index >= 15 is 0 Å². The van der Waals surface area contributed by atoms with Crippen LogP contribution in [0.15, 0.2) is 122 Å². The maximum atomic E-state index is 10.1. The second-order valence-electron chi connectivity index (χ2n) is 14.2. The molecule has 0 N–H and O–H groups in total. The van der Waals surface area contributed by atoms with Gasteiger partial charge in [0, 0.05) is 41.1 Å². The summed E-state index contributed by atoms with van der Waals surface area (Å²) in [6, 6.07) is 29.0. The molecule has 0 radical (unpaired) electrons. The van der Waals surface area contributed by atoms with Crippen LogP contribution in [0, 0.1) is 17.2 Å². The van der Waals surface area contributed by atoms with E-state index in [9.17, 15) is 5.26 Å². The molecule has 1 fully saturated rings. The fraction of sp³-hybridized carbons (Fsp3) is 0.318. The highest BCUT2D eigenvalue weighted by molar-refractivity contribution is 6.08. The second-order valence-corrected chi connectivity index (χ2v) is 14.2. The van der Waals surface area contributed by atoms with Crippen molar-refractivity contribution in [3.05, 3.63) is 133 Å². The van der Waals surface area contributed by atoms with Gasteiger partial charge in [0.2, 0.25) is 5.69 Å². The maximum absolute atomic E-state index is 10.1. The summed E-state index contributed by atoms with van der Waals surface area (Å²) in [5.41, 5.74) is 7.15. The number of rotatable bonds is 9. The lowest BCUT2D eigenvalue weighted by Gasteiger charge is -2.29. The molecule has 0 saturated heterocycles. The first-order valence-corrected chi connectivity index (χ1v) is 17.4. The average Bonchev–Trinajstić information content (AvgIpc) is 3.74. The summed E-state index contributed by atoms with van der Waals surface area (Å²) < 4.78 is 2.35. The average molecular weight is 617 g/mol. The standard InChI is InChI=1S/C44H46N3/c1-5-28-43(2)39(46(4)37-25-23-33-17-11-13-19-35(33)41(37)43)21-7-6-8-22-40-44(3,29-30-45)42-36-20-14-12-18-34(36)24-26-38(42)47(40)31-27-32-15-9-10-16-32/h5-8,11-14,17-26,32H,1,9-10,15-16,27-29,31H2,2-4H3/q+1. The molecular weight excluding hydrogens is 571 g/mol. The first kappa shape index (κ1) is 30.9. The van der Waals surface area contributed by atoms with E-state index in [4.69, 9.17) is 0 Å². The van der Waals surface area contributed by atoms with Gasteiger partial charge < -0.3 is 4.90 Å². The van der Waals surface area contributed by atoms with Crippen LogP contribution in [0.5, 0.6) is 0 Å². The van der Waals surface area contributed by atoms with E-state index in [1.54, 1.807) is 0 Å². The van der Waals surface area contributed by atoms with Crippen molar-refractivity contribution in [3.63, 3.8) is 0 Å². The Morgan fingerprint density at radius 3 is 2.26 bits per heavy atom. The summed E-state index contributed by atoms with van der Waals surface area (Å²) in [5, 5.41) is 15.2. The summed E-state index contributed by atoms with van der Waals surface area (Å²) >= 11 is 0. The molecule has 3 aliphatic rings. The highest BCUT2D eigenvalue weighted by Gasteiger charge is 2.47. The number of allylic oxidation sites excluding steroid dienone is 7. The molecule has 3 heteroatoms. The topological polar surface area (TPSA) is 30.0 Å².